The van der Waals surface area contributed by atoms with Gasteiger partial charge in [0.15, 0.2) is 5.82 Å². The van der Waals surface area contributed by atoms with E-state index < -0.39 is 0 Å². The first kappa shape index (κ1) is 14.1. The van der Waals surface area contributed by atoms with E-state index in [2.05, 4.69) is 44.2 Å². The van der Waals surface area contributed by atoms with Gasteiger partial charge in [0.25, 0.3) is 0 Å². The highest BCUT2D eigenvalue weighted by Crippen LogP contribution is 2.30. The van der Waals surface area contributed by atoms with Crippen LogP contribution in [0.5, 0.6) is 5.75 Å². The molecule has 0 fully saturated rings. The van der Waals surface area contributed by atoms with Crippen molar-refractivity contribution in [3.63, 3.8) is 0 Å². The number of hydrogen-bond donors (Lipinski definition) is 0. The fraction of sp³-hybridized carbons (Fsp3) is 0.250. The summed E-state index contributed by atoms with van der Waals surface area (Å²) in [6, 6.07) is 12.4. The van der Waals surface area contributed by atoms with E-state index >= 15 is 0 Å². The van der Waals surface area contributed by atoms with Gasteiger partial charge in [0.1, 0.15) is 18.7 Å². The first-order valence-corrected chi connectivity index (χ1v) is 8.01. The summed E-state index contributed by atoms with van der Waals surface area (Å²) in [4.78, 5) is 4.24. The van der Waals surface area contributed by atoms with E-state index in [1.165, 1.54) is 10.8 Å². The predicted octanol–water partition coefficient (Wildman–Crippen LogP) is 3.93. The van der Waals surface area contributed by atoms with Crippen LogP contribution in [0, 0.1) is 0 Å². The lowest BCUT2D eigenvalue weighted by atomic mass is 10.0. The number of rotatable bonds is 5. The largest absolute Gasteiger partial charge is 0.485 e. The van der Waals surface area contributed by atoms with Crippen molar-refractivity contribution in [1.29, 1.82) is 0 Å². The first-order chi connectivity index (χ1) is 10.3. The maximum atomic E-state index is 5.97. The number of fused-ring (bicyclic) bond motifs is 1. The molecule has 0 bridgehead atoms. The summed E-state index contributed by atoms with van der Waals surface area (Å²) in [5, 5.41) is 7.34. The van der Waals surface area contributed by atoms with Crippen LogP contribution in [0.4, 0.5) is 0 Å². The van der Waals surface area contributed by atoms with Crippen molar-refractivity contribution in [2.75, 3.05) is 0 Å². The molecule has 1 heterocycles. The normalized spacial score (nSPS) is 11.0. The van der Waals surface area contributed by atoms with Gasteiger partial charge in [-0.1, -0.05) is 46.3 Å². The van der Waals surface area contributed by atoms with Gasteiger partial charge in [0, 0.05) is 17.4 Å². The summed E-state index contributed by atoms with van der Waals surface area (Å²) >= 11 is 3.56. The van der Waals surface area contributed by atoms with Crippen LogP contribution >= 0.6 is 15.9 Å². The fourth-order valence-electron chi connectivity index (χ4n) is 2.40. The standard InChI is InChI=1S/C16H16BrN3O/c1-2-20-16(18-11-19-20)10-21-15-8-7-12-5-3-4-6-13(12)14(15)9-17/h3-8,11H,2,9-10H2,1H3. The number of benzene rings is 2. The van der Waals surface area contributed by atoms with Crippen molar-refractivity contribution >= 4 is 26.7 Å². The molecule has 0 radical (unpaired) electrons. The second kappa shape index (κ2) is 6.26. The Labute approximate surface area is 131 Å². The highest BCUT2D eigenvalue weighted by Gasteiger charge is 2.09. The summed E-state index contributed by atoms with van der Waals surface area (Å²) < 4.78 is 7.81. The summed E-state index contributed by atoms with van der Waals surface area (Å²) in [5.74, 6) is 1.72. The highest BCUT2D eigenvalue weighted by atomic mass is 79.9. The van der Waals surface area contributed by atoms with Gasteiger partial charge < -0.3 is 4.74 Å². The van der Waals surface area contributed by atoms with E-state index in [1.807, 2.05) is 29.8 Å². The Hall–Kier alpha value is -1.88. The molecule has 2 aromatic carbocycles. The third-order valence-electron chi connectivity index (χ3n) is 3.48. The zero-order valence-corrected chi connectivity index (χ0v) is 13.4. The topological polar surface area (TPSA) is 39.9 Å². The lowest BCUT2D eigenvalue weighted by Crippen LogP contribution is -2.08. The van der Waals surface area contributed by atoms with E-state index in [0.29, 0.717) is 6.61 Å². The maximum Gasteiger partial charge on any atom is 0.164 e. The van der Waals surface area contributed by atoms with E-state index in [9.17, 15) is 0 Å². The quantitative estimate of drug-likeness (QED) is 0.658. The van der Waals surface area contributed by atoms with E-state index in [1.54, 1.807) is 6.33 Å². The Morgan fingerprint density at radius 2 is 2.05 bits per heavy atom. The van der Waals surface area contributed by atoms with Gasteiger partial charge in [0.2, 0.25) is 0 Å². The zero-order valence-electron chi connectivity index (χ0n) is 11.8. The number of hydrogen-bond acceptors (Lipinski definition) is 3. The van der Waals surface area contributed by atoms with Crippen molar-refractivity contribution in [2.24, 2.45) is 0 Å². The Balaban J connectivity index is 1.90. The molecule has 3 aromatic rings. The van der Waals surface area contributed by atoms with Gasteiger partial charge in [-0.2, -0.15) is 5.10 Å². The average Bonchev–Trinajstić information content (AvgIpc) is 2.99. The SMILES string of the molecule is CCn1ncnc1COc1ccc2ccccc2c1CBr. The van der Waals surface area contributed by atoms with Crippen LogP contribution < -0.4 is 4.74 Å². The van der Waals surface area contributed by atoms with Gasteiger partial charge in [0.05, 0.1) is 0 Å². The van der Waals surface area contributed by atoms with Crippen LogP contribution in [0.3, 0.4) is 0 Å². The first-order valence-electron chi connectivity index (χ1n) is 6.89. The molecule has 0 saturated heterocycles. The Bertz CT molecular complexity index is 754. The molecular weight excluding hydrogens is 330 g/mol. The van der Waals surface area contributed by atoms with Crippen molar-refractivity contribution in [3.05, 3.63) is 54.1 Å². The summed E-state index contributed by atoms with van der Waals surface area (Å²) in [6.07, 6.45) is 1.56. The van der Waals surface area contributed by atoms with Crippen LogP contribution in [0.2, 0.25) is 0 Å². The van der Waals surface area contributed by atoms with Gasteiger partial charge in [-0.25, -0.2) is 9.67 Å². The average molecular weight is 346 g/mol. The molecule has 3 rings (SSSR count). The maximum absolute atomic E-state index is 5.97. The Morgan fingerprint density at radius 3 is 2.86 bits per heavy atom. The molecule has 0 aliphatic heterocycles. The molecule has 0 amide bonds. The molecule has 0 aliphatic carbocycles. The van der Waals surface area contributed by atoms with Crippen molar-refractivity contribution in [2.45, 2.75) is 25.4 Å². The van der Waals surface area contributed by atoms with Crippen molar-refractivity contribution in [1.82, 2.24) is 14.8 Å². The lowest BCUT2D eigenvalue weighted by Gasteiger charge is -2.12. The molecule has 108 valence electrons. The highest BCUT2D eigenvalue weighted by molar-refractivity contribution is 9.08. The van der Waals surface area contributed by atoms with Crippen LogP contribution in [-0.4, -0.2) is 14.8 Å². The van der Waals surface area contributed by atoms with Crippen LogP contribution in [0.1, 0.15) is 18.3 Å². The van der Waals surface area contributed by atoms with Crippen molar-refractivity contribution in [3.8, 4) is 5.75 Å². The lowest BCUT2D eigenvalue weighted by molar-refractivity contribution is 0.286. The molecule has 21 heavy (non-hydrogen) atoms. The number of nitrogens with zero attached hydrogens (tertiary/aromatic N) is 3. The number of halogens is 1. The number of aromatic nitrogens is 3. The van der Waals surface area contributed by atoms with E-state index in [-0.39, 0.29) is 0 Å². The number of alkyl halides is 1. The molecule has 4 nitrogen and oxygen atoms in total. The molecule has 0 atom stereocenters. The molecule has 5 heteroatoms. The number of ether oxygens (including phenoxy) is 1. The minimum atomic E-state index is 0.423. The predicted molar refractivity (Wildman–Crippen MR) is 86.6 cm³/mol. The van der Waals surface area contributed by atoms with Crippen LogP contribution in [0.25, 0.3) is 10.8 Å². The second-order valence-corrected chi connectivity index (χ2v) is 5.24. The summed E-state index contributed by atoms with van der Waals surface area (Å²) in [5.41, 5.74) is 1.16. The summed E-state index contributed by atoms with van der Waals surface area (Å²) in [6.45, 7) is 3.26. The molecule has 1 aromatic heterocycles. The van der Waals surface area contributed by atoms with Crippen LogP contribution in [-0.2, 0) is 18.5 Å². The molecule has 0 spiro atoms. The Morgan fingerprint density at radius 1 is 1.19 bits per heavy atom. The molecular formula is C16H16BrN3O. The minimum Gasteiger partial charge on any atom is -0.485 e. The molecule has 0 unspecified atom stereocenters. The molecule has 0 aliphatic rings. The van der Waals surface area contributed by atoms with Crippen LogP contribution in [0.15, 0.2) is 42.7 Å². The monoisotopic (exact) mass is 345 g/mol. The van der Waals surface area contributed by atoms with Gasteiger partial charge >= 0.3 is 0 Å². The zero-order chi connectivity index (χ0) is 14.7. The van der Waals surface area contributed by atoms with E-state index in [0.717, 1.165) is 29.0 Å². The summed E-state index contributed by atoms with van der Waals surface area (Å²) in [7, 11) is 0. The van der Waals surface area contributed by atoms with Gasteiger partial charge in [-0.05, 0) is 23.8 Å². The van der Waals surface area contributed by atoms with E-state index in [4.69, 9.17) is 4.74 Å². The molecule has 0 N–H and O–H groups in total. The van der Waals surface area contributed by atoms with Gasteiger partial charge in [-0.3, -0.25) is 0 Å². The van der Waals surface area contributed by atoms with Crippen molar-refractivity contribution < 1.29 is 4.74 Å². The minimum absolute atomic E-state index is 0.423. The molecule has 0 saturated carbocycles. The number of aryl methyl sites for hydroxylation is 1. The third-order valence-corrected chi connectivity index (χ3v) is 4.04. The third kappa shape index (κ3) is 2.78. The fourth-order valence-corrected chi connectivity index (χ4v) is 2.97. The smallest absolute Gasteiger partial charge is 0.164 e. The Kier molecular flexibility index (Phi) is 4.20. The van der Waals surface area contributed by atoms with Gasteiger partial charge in [-0.15, -0.1) is 0 Å². The second-order valence-electron chi connectivity index (χ2n) is 4.68.